The number of aromatic hydroxyl groups is 2. The maximum atomic E-state index is 12.0. The van der Waals surface area contributed by atoms with Gasteiger partial charge in [-0.1, -0.05) is 62.8 Å². The fraction of sp³-hybridized carbons (Fsp3) is 0.560. The molecule has 0 spiro atoms. The van der Waals surface area contributed by atoms with Crippen LogP contribution in [0, 0.1) is 5.92 Å². The number of unbranched alkanes of at least 4 members (excludes halogenated alkanes) is 5. The Morgan fingerprint density at radius 1 is 1.17 bits per heavy atom. The molecule has 4 heteroatoms. The third-order valence-corrected chi connectivity index (χ3v) is 6.13. The molecule has 0 aromatic heterocycles. The number of rotatable bonds is 10. The molecule has 160 valence electrons. The number of phenolic OH excluding ortho intramolecular Hbond substituents is 1. The minimum absolute atomic E-state index is 0.0179. The van der Waals surface area contributed by atoms with Gasteiger partial charge in [0.2, 0.25) is 0 Å². The Balaban J connectivity index is 2.36. The van der Waals surface area contributed by atoms with Crippen molar-refractivity contribution in [2.45, 2.75) is 84.5 Å². The highest BCUT2D eigenvalue weighted by molar-refractivity contribution is 5.94. The Labute approximate surface area is 175 Å². The maximum Gasteiger partial charge on any atom is 0.339 e. The second-order valence-corrected chi connectivity index (χ2v) is 8.55. The summed E-state index contributed by atoms with van der Waals surface area (Å²) in [4.78, 5) is 12.0. The molecule has 0 saturated heterocycles. The van der Waals surface area contributed by atoms with Crippen LogP contribution in [-0.4, -0.2) is 21.3 Å². The zero-order valence-electron chi connectivity index (χ0n) is 18.1. The molecule has 2 rings (SSSR count). The molecule has 1 aromatic rings. The van der Waals surface area contributed by atoms with Gasteiger partial charge in [0.25, 0.3) is 0 Å². The highest BCUT2D eigenvalue weighted by Crippen LogP contribution is 2.48. The smallest absolute Gasteiger partial charge is 0.339 e. The lowest BCUT2D eigenvalue weighted by Gasteiger charge is -2.32. The van der Waals surface area contributed by atoms with E-state index in [1.165, 1.54) is 24.8 Å². The van der Waals surface area contributed by atoms with Crippen molar-refractivity contribution in [1.29, 1.82) is 0 Å². The van der Waals surface area contributed by atoms with Crippen molar-refractivity contribution < 1.29 is 20.1 Å². The van der Waals surface area contributed by atoms with Crippen molar-refractivity contribution in [3.8, 4) is 11.5 Å². The van der Waals surface area contributed by atoms with E-state index in [0.717, 1.165) is 37.7 Å². The number of carboxylic acids is 1. The lowest BCUT2D eigenvalue weighted by atomic mass is 9.73. The van der Waals surface area contributed by atoms with Gasteiger partial charge in [0.05, 0.1) is 0 Å². The first-order valence-corrected chi connectivity index (χ1v) is 10.9. The predicted octanol–water partition coefficient (Wildman–Crippen LogP) is 6.72. The van der Waals surface area contributed by atoms with Gasteiger partial charge in [0, 0.05) is 11.5 Å². The fourth-order valence-corrected chi connectivity index (χ4v) is 4.49. The Morgan fingerprint density at radius 3 is 2.45 bits per heavy atom. The number of hydrogen-bond donors (Lipinski definition) is 3. The summed E-state index contributed by atoms with van der Waals surface area (Å²) < 4.78 is 0. The molecule has 0 aliphatic heterocycles. The third kappa shape index (κ3) is 5.65. The lowest BCUT2D eigenvalue weighted by Crippen LogP contribution is -2.18. The second-order valence-electron chi connectivity index (χ2n) is 8.55. The van der Waals surface area contributed by atoms with Crippen LogP contribution >= 0.6 is 0 Å². The summed E-state index contributed by atoms with van der Waals surface area (Å²) >= 11 is 0. The Morgan fingerprint density at radius 2 is 1.83 bits per heavy atom. The molecule has 0 saturated carbocycles. The molecule has 0 radical (unpaired) electrons. The first-order chi connectivity index (χ1) is 13.8. The van der Waals surface area contributed by atoms with E-state index in [1.807, 2.05) is 19.9 Å². The summed E-state index contributed by atoms with van der Waals surface area (Å²) in [6.07, 6.45) is 11.0. The van der Waals surface area contributed by atoms with Crippen LogP contribution in [0.5, 0.6) is 11.5 Å². The molecule has 3 N–H and O–H groups in total. The first kappa shape index (κ1) is 23.1. The van der Waals surface area contributed by atoms with Gasteiger partial charge in [-0.15, -0.1) is 0 Å². The number of phenols is 2. The van der Waals surface area contributed by atoms with Crippen molar-refractivity contribution in [3.63, 3.8) is 0 Å². The summed E-state index contributed by atoms with van der Waals surface area (Å²) in [5.41, 5.74) is 2.92. The van der Waals surface area contributed by atoms with Gasteiger partial charge >= 0.3 is 5.97 Å². The zero-order chi connectivity index (χ0) is 21.6. The number of aromatic carboxylic acids is 1. The molecule has 0 fully saturated rings. The van der Waals surface area contributed by atoms with Crippen LogP contribution in [0.15, 0.2) is 29.9 Å². The molecular formula is C25H36O4. The number of hydrogen-bond acceptors (Lipinski definition) is 3. The molecule has 1 aliphatic rings. The molecule has 0 bridgehead atoms. The van der Waals surface area contributed by atoms with Crippen molar-refractivity contribution in [2.75, 3.05) is 0 Å². The van der Waals surface area contributed by atoms with Gasteiger partial charge < -0.3 is 15.3 Å². The molecule has 0 unspecified atom stereocenters. The molecule has 0 amide bonds. The predicted molar refractivity (Wildman–Crippen MR) is 118 cm³/mol. The topological polar surface area (TPSA) is 77.8 Å². The number of allylic oxidation sites excluding steroid dienone is 3. The van der Waals surface area contributed by atoms with Crippen molar-refractivity contribution in [1.82, 2.24) is 0 Å². The quantitative estimate of drug-likeness (QED) is 0.301. The fourth-order valence-electron chi connectivity index (χ4n) is 4.49. The maximum absolute atomic E-state index is 12.0. The van der Waals surface area contributed by atoms with Crippen LogP contribution < -0.4 is 0 Å². The van der Waals surface area contributed by atoms with Crippen LogP contribution in [0.3, 0.4) is 0 Å². The third-order valence-electron chi connectivity index (χ3n) is 6.13. The molecule has 2 atom stereocenters. The molecule has 29 heavy (non-hydrogen) atoms. The van der Waals surface area contributed by atoms with Gasteiger partial charge in [-0.05, 0) is 57.1 Å². The summed E-state index contributed by atoms with van der Waals surface area (Å²) in [5, 5.41) is 31.5. The highest BCUT2D eigenvalue weighted by Gasteiger charge is 2.32. The standard InChI is InChI=1S/C25H36O4/c1-5-6-7-8-9-10-11-18-15-21(26)23(24(27)22(18)25(28)29)20-14-17(4)12-13-19(20)16(2)3/h14-15,19-20,26-27H,2,5-13H2,1,3-4H3,(H,28,29)/t19-,20+/m0/s1. The number of carboxylic acid groups (broad SMARTS) is 1. The van der Waals surface area contributed by atoms with Crippen LogP contribution in [0.1, 0.15) is 99.5 Å². The summed E-state index contributed by atoms with van der Waals surface area (Å²) in [7, 11) is 0. The van der Waals surface area contributed by atoms with E-state index in [-0.39, 0.29) is 28.9 Å². The van der Waals surface area contributed by atoms with E-state index >= 15 is 0 Å². The van der Waals surface area contributed by atoms with Gasteiger partial charge in [0.1, 0.15) is 17.1 Å². The van der Waals surface area contributed by atoms with Gasteiger partial charge in [-0.3, -0.25) is 0 Å². The lowest BCUT2D eigenvalue weighted by molar-refractivity contribution is 0.0692. The normalized spacial score (nSPS) is 19.1. The Kier molecular flexibility index (Phi) is 8.36. The van der Waals surface area contributed by atoms with E-state index in [4.69, 9.17) is 0 Å². The SMILES string of the molecule is C=C(C)[C@@H]1CCC(C)=C[C@H]1c1c(O)cc(CCCCCCCC)c(C(=O)O)c1O. The van der Waals surface area contributed by atoms with E-state index in [0.29, 0.717) is 17.5 Å². The summed E-state index contributed by atoms with van der Waals surface area (Å²) in [6.45, 7) is 10.2. The largest absolute Gasteiger partial charge is 0.507 e. The first-order valence-electron chi connectivity index (χ1n) is 10.9. The molecule has 1 aliphatic carbocycles. The summed E-state index contributed by atoms with van der Waals surface area (Å²) in [5.74, 6) is -1.64. The monoisotopic (exact) mass is 400 g/mol. The Hall–Kier alpha value is -2.23. The van der Waals surface area contributed by atoms with Crippen molar-refractivity contribution in [2.24, 2.45) is 5.92 Å². The van der Waals surface area contributed by atoms with E-state index in [9.17, 15) is 20.1 Å². The molecule has 0 heterocycles. The minimum Gasteiger partial charge on any atom is -0.507 e. The van der Waals surface area contributed by atoms with Crippen LogP contribution in [0.25, 0.3) is 0 Å². The van der Waals surface area contributed by atoms with Gasteiger partial charge in [-0.2, -0.15) is 0 Å². The number of carbonyl (C=O) groups is 1. The molecule has 4 nitrogen and oxygen atoms in total. The van der Waals surface area contributed by atoms with Crippen LogP contribution in [0.4, 0.5) is 0 Å². The number of benzene rings is 1. The number of aryl methyl sites for hydroxylation is 1. The van der Waals surface area contributed by atoms with Crippen molar-refractivity contribution in [3.05, 3.63) is 46.6 Å². The van der Waals surface area contributed by atoms with Gasteiger partial charge in [-0.25, -0.2) is 4.79 Å². The average molecular weight is 401 g/mol. The highest BCUT2D eigenvalue weighted by atomic mass is 16.4. The summed E-state index contributed by atoms with van der Waals surface area (Å²) in [6, 6.07) is 1.55. The van der Waals surface area contributed by atoms with E-state index < -0.39 is 5.97 Å². The van der Waals surface area contributed by atoms with Gasteiger partial charge in [0.15, 0.2) is 0 Å². The minimum atomic E-state index is -1.15. The van der Waals surface area contributed by atoms with E-state index in [2.05, 4.69) is 13.5 Å². The Bertz CT molecular complexity index is 776. The zero-order valence-corrected chi connectivity index (χ0v) is 18.1. The molecular weight excluding hydrogens is 364 g/mol. The van der Waals surface area contributed by atoms with Crippen molar-refractivity contribution >= 4 is 5.97 Å². The average Bonchev–Trinajstić information content (AvgIpc) is 2.63. The second kappa shape index (κ2) is 10.5. The van der Waals surface area contributed by atoms with Crippen LogP contribution in [0.2, 0.25) is 0 Å². The van der Waals surface area contributed by atoms with E-state index in [1.54, 1.807) is 6.07 Å². The van der Waals surface area contributed by atoms with Crippen LogP contribution in [-0.2, 0) is 6.42 Å². The molecule has 1 aromatic carbocycles.